The zero-order valence-electron chi connectivity index (χ0n) is 8.06. The first kappa shape index (κ1) is 10.1. The lowest BCUT2D eigenvalue weighted by molar-refractivity contribution is 0.527. The van der Waals surface area contributed by atoms with Crippen LogP contribution in [0.1, 0.15) is 5.56 Å². The van der Waals surface area contributed by atoms with Crippen molar-refractivity contribution in [3.8, 4) is 5.75 Å². The van der Waals surface area contributed by atoms with Crippen LogP contribution in [0.2, 0.25) is 0 Å². The Hall–Kier alpha value is -1.38. The number of hydrogen-bond acceptors (Lipinski definition) is 3. The molecule has 0 amide bonds. The lowest BCUT2D eigenvalue weighted by Gasteiger charge is -2.01. The molecule has 1 aromatic carbocycles. The van der Waals surface area contributed by atoms with E-state index in [1.165, 1.54) is 0 Å². The van der Waals surface area contributed by atoms with E-state index in [0.717, 1.165) is 22.9 Å². The largest absolute Gasteiger partial charge is 0.407 e. The molecule has 0 aliphatic heterocycles. The van der Waals surface area contributed by atoms with E-state index in [1.807, 2.05) is 18.3 Å². The molecule has 5 heteroatoms. The Kier molecular flexibility index (Phi) is 2.99. The molecule has 0 spiro atoms. The Morgan fingerprint density at radius 3 is 3.07 bits per heavy atom. The van der Waals surface area contributed by atoms with Crippen molar-refractivity contribution < 1.29 is 9.09 Å². The summed E-state index contributed by atoms with van der Waals surface area (Å²) in [7, 11) is -0.341. The number of aromatic nitrogens is 1. The first-order valence-corrected chi connectivity index (χ1v) is 5.38. The zero-order chi connectivity index (χ0) is 10.7. The van der Waals surface area contributed by atoms with Crippen molar-refractivity contribution in [3.63, 3.8) is 0 Å². The quantitative estimate of drug-likeness (QED) is 0.779. The second-order valence-electron chi connectivity index (χ2n) is 3.20. The van der Waals surface area contributed by atoms with Gasteiger partial charge in [0.25, 0.3) is 0 Å². The SMILES string of the molecule is NCCc1c[nH]c2cccc(OP=O)c12. The molecule has 15 heavy (non-hydrogen) atoms. The van der Waals surface area contributed by atoms with Gasteiger partial charge in [-0.2, -0.15) is 0 Å². The molecule has 4 nitrogen and oxygen atoms in total. The summed E-state index contributed by atoms with van der Waals surface area (Å²) < 4.78 is 15.5. The molecule has 1 heterocycles. The van der Waals surface area contributed by atoms with E-state index in [9.17, 15) is 4.57 Å². The van der Waals surface area contributed by atoms with Crippen molar-refractivity contribution in [2.75, 3.05) is 6.54 Å². The van der Waals surface area contributed by atoms with Gasteiger partial charge in [0.1, 0.15) is 5.75 Å². The average Bonchev–Trinajstić information content (AvgIpc) is 2.64. The van der Waals surface area contributed by atoms with Gasteiger partial charge in [-0.25, -0.2) is 4.57 Å². The van der Waals surface area contributed by atoms with Gasteiger partial charge in [-0.05, 0) is 30.7 Å². The topological polar surface area (TPSA) is 68.1 Å². The molecule has 0 atom stereocenters. The fourth-order valence-corrected chi connectivity index (χ4v) is 1.92. The molecule has 0 bridgehead atoms. The van der Waals surface area contributed by atoms with Crippen LogP contribution < -0.4 is 10.3 Å². The van der Waals surface area contributed by atoms with Gasteiger partial charge in [-0.3, -0.25) is 0 Å². The summed E-state index contributed by atoms with van der Waals surface area (Å²) in [5, 5.41) is 0.964. The van der Waals surface area contributed by atoms with E-state index >= 15 is 0 Å². The maximum absolute atomic E-state index is 10.4. The van der Waals surface area contributed by atoms with Crippen LogP contribution in [0.4, 0.5) is 0 Å². The van der Waals surface area contributed by atoms with Crippen LogP contribution in [-0.2, 0) is 11.0 Å². The third-order valence-electron chi connectivity index (χ3n) is 2.30. The summed E-state index contributed by atoms with van der Waals surface area (Å²) in [6.07, 6.45) is 2.68. The summed E-state index contributed by atoms with van der Waals surface area (Å²) in [6, 6.07) is 5.59. The second-order valence-corrected chi connectivity index (χ2v) is 3.53. The van der Waals surface area contributed by atoms with Crippen molar-refractivity contribution in [2.24, 2.45) is 5.73 Å². The van der Waals surface area contributed by atoms with Gasteiger partial charge in [0.2, 0.25) is 0 Å². The summed E-state index contributed by atoms with van der Waals surface area (Å²) in [5.74, 6) is 0.619. The maximum atomic E-state index is 10.4. The lowest BCUT2D eigenvalue weighted by Crippen LogP contribution is -2.01. The summed E-state index contributed by atoms with van der Waals surface area (Å²) in [6.45, 7) is 0.580. The molecule has 0 aliphatic rings. The molecule has 0 saturated heterocycles. The smallest absolute Gasteiger partial charge is 0.395 e. The van der Waals surface area contributed by atoms with Gasteiger partial charge in [0.05, 0.1) is 0 Å². The predicted octanol–water partition coefficient (Wildman–Crippen LogP) is 2.25. The standard InChI is InChI=1S/C10H11N2O2P/c11-5-4-7-6-12-8-2-1-3-9(10(7)8)14-15-13/h1-3,6,12H,4-5,11H2. The summed E-state index contributed by atoms with van der Waals surface area (Å²) in [4.78, 5) is 3.13. The number of fused-ring (bicyclic) bond motifs is 1. The van der Waals surface area contributed by atoms with Gasteiger partial charge < -0.3 is 15.2 Å². The monoisotopic (exact) mass is 222 g/mol. The van der Waals surface area contributed by atoms with Crippen LogP contribution in [0.5, 0.6) is 5.75 Å². The molecule has 0 fully saturated rings. The number of hydrogen-bond donors (Lipinski definition) is 2. The van der Waals surface area contributed by atoms with Crippen molar-refractivity contribution in [1.82, 2.24) is 4.98 Å². The molecular weight excluding hydrogens is 211 g/mol. The molecule has 1 aromatic heterocycles. The van der Waals surface area contributed by atoms with E-state index in [1.54, 1.807) is 6.07 Å². The minimum Gasteiger partial charge on any atom is -0.407 e. The van der Waals surface area contributed by atoms with Crippen LogP contribution in [-0.4, -0.2) is 11.5 Å². The fraction of sp³-hybridized carbons (Fsp3) is 0.200. The van der Waals surface area contributed by atoms with Gasteiger partial charge in [-0.15, -0.1) is 0 Å². The molecular formula is C10H11N2O2P. The number of rotatable bonds is 4. The van der Waals surface area contributed by atoms with E-state index in [0.29, 0.717) is 12.3 Å². The molecule has 0 aliphatic carbocycles. The number of aromatic amines is 1. The van der Waals surface area contributed by atoms with Crippen LogP contribution in [0, 0.1) is 0 Å². The van der Waals surface area contributed by atoms with E-state index in [4.69, 9.17) is 10.3 Å². The highest BCUT2D eigenvalue weighted by molar-refractivity contribution is 7.17. The minimum atomic E-state index is -0.341. The highest BCUT2D eigenvalue weighted by Gasteiger charge is 2.08. The highest BCUT2D eigenvalue weighted by atomic mass is 31.1. The van der Waals surface area contributed by atoms with Gasteiger partial charge in [0.15, 0.2) is 0 Å². The van der Waals surface area contributed by atoms with Crippen LogP contribution >= 0.6 is 8.69 Å². The third kappa shape index (κ3) is 1.87. The average molecular weight is 222 g/mol. The zero-order valence-corrected chi connectivity index (χ0v) is 8.96. The number of H-pyrrole nitrogens is 1. The Morgan fingerprint density at radius 2 is 2.33 bits per heavy atom. The Balaban J connectivity index is 2.57. The molecule has 0 saturated carbocycles. The first-order chi connectivity index (χ1) is 7.36. The van der Waals surface area contributed by atoms with Crippen molar-refractivity contribution >= 4 is 19.6 Å². The fourth-order valence-electron chi connectivity index (χ4n) is 1.69. The minimum absolute atomic E-state index is 0.341. The summed E-state index contributed by atoms with van der Waals surface area (Å²) in [5.41, 5.74) is 7.58. The Labute approximate surface area is 88.7 Å². The first-order valence-electron chi connectivity index (χ1n) is 4.65. The molecule has 3 N–H and O–H groups in total. The number of nitrogens with two attached hydrogens (primary N) is 1. The normalized spacial score (nSPS) is 11.0. The molecule has 2 aromatic rings. The Bertz CT molecular complexity index is 481. The van der Waals surface area contributed by atoms with Gasteiger partial charge in [-0.1, -0.05) is 6.07 Å². The highest BCUT2D eigenvalue weighted by Crippen LogP contribution is 2.30. The molecule has 78 valence electrons. The van der Waals surface area contributed by atoms with Gasteiger partial charge in [0, 0.05) is 17.1 Å². The van der Waals surface area contributed by atoms with E-state index in [-0.39, 0.29) is 8.69 Å². The van der Waals surface area contributed by atoms with Crippen molar-refractivity contribution in [3.05, 3.63) is 30.0 Å². The molecule has 0 radical (unpaired) electrons. The van der Waals surface area contributed by atoms with E-state index < -0.39 is 0 Å². The van der Waals surface area contributed by atoms with Gasteiger partial charge >= 0.3 is 8.69 Å². The van der Waals surface area contributed by atoms with E-state index in [2.05, 4.69) is 4.98 Å². The molecule has 0 unspecified atom stereocenters. The number of benzene rings is 1. The Morgan fingerprint density at radius 1 is 1.47 bits per heavy atom. The second kappa shape index (κ2) is 4.43. The van der Waals surface area contributed by atoms with Crippen molar-refractivity contribution in [1.29, 1.82) is 0 Å². The van der Waals surface area contributed by atoms with Crippen LogP contribution in [0.15, 0.2) is 24.4 Å². The summed E-state index contributed by atoms with van der Waals surface area (Å²) >= 11 is 0. The van der Waals surface area contributed by atoms with Crippen LogP contribution in [0.25, 0.3) is 10.9 Å². The molecule has 2 rings (SSSR count). The third-order valence-corrected chi connectivity index (χ3v) is 2.57. The predicted molar refractivity (Wildman–Crippen MR) is 59.3 cm³/mol. The maximum Gasteiger partial charge on any atom is 0.395 e. The van der Waals surface area contributed by atoms with Crippen molar-refractivity contribution in [2.45, 2.75) is 6.42 Å². The number of nitrogens with one attached hydrogen (secondary N) is 1. The lowest BCUT2D eigenvalue weighted by atomic mass is 10.1. The van der Waals surface area contributed by atoms with Crippen LogP contribution in [0.3, 0.4) is 0 Å².